The van der Waals surface area contributed by atoms with Crippen LogP contribution in [0.5, 0.6) is 0 Å². The summed E-state index contributed by atoms with van der Waals surface area (Å²) >= 11 is 3.49. The van der Waals surface area contributed by atoms with E-state index in [0.717, 1.165) is 24.0 Å². The summed E-state index contributed by atoms with van der Waals surface area (Å²) in [5, 5.41) is 0. The fourth-order valence-electron chi connectivity index (χ4n) is 2.67. The molecule has 0 radical (unpaired) electrons. The van der Waals surface area contributed by atoms with Crippen molar-refractivity contribution in [3.63, 3.8) is 0 Å². The Morgan fingerprint density at radius 2 is 2.29 bits per heavy atom. The topological polar surface area (TPSA) is 42.1 Å². The minimum Gasteiger partial charge on any atom is -0.326 e. The summed E-state index contributed by atoms with van der Waals surface area (Å²) in [4.78, 5) is 6.74. The van der Waals surface area contributed by atoms with E-state index in [2.05, 4.69) is 38.8 Å². The van der Waals surface area contributed by atoms with Gasteiger partial charge in [0.05, 0.1) is 6.04 Å². The van der Waals surface area contributed by atoms with E-state index >= 15 is 0 Å². The number of nitrogens with two attached hydrogens (primary N) is 1. The molecule has 1 aromatic heterocycles. The highest BCUT2D eigenvalue weighted by Gasteiger charge is 2.27. The van der Waals surface area contributed by atoms with E-state index < -0.39 is 0 Å². The van der Waals surface area contributed by atoms with Crippen molar-refractivity contribution in [1.82, 2.24) is 9.88 Å². The van der Waals surface area contributed by atoms with E-state index in [1.54, 1.807) is 0 Å². The van der Waals surface area contributed by atoms with Gasteiger partial charge in [0.15, 0.2) is 0 Å². The first-order chi connectivity index (χ1) is 8.22. The Hall–Kier alpha value is -0.450. The van der Waals surface area contributed by atoms with Crippen molar-refractivity contribution in [1.29, 1.82) is 0 Å². The van der Waals surface area contributed by atoms with Crippen molar-refractivity contribution >= 4 is 15.9 Å². The van der Waals surface area contributed by atoms with Gasteiger partial charge < -0.3 is 5.73 Å². The van der Waals surface area contributed by atoms with E-state index in [0.29, 0.717) is 6.04 Å². The Morgan fingerprint density at radius 1 is 1.47 bits per heavy atom. The number of likely N-dealkylation sites (tertiary alicyclic amines) is 1. The number of hydrogen-bond donors (Lipinski definition) is 1. The minimum atomic E-state index is 0.216. The maximum atomic E-state index is 6.34. The lowest BCUT2D eigenvalue weighted by molar-refractivity contribution is 0.195. The molecule has 1 fully saturated rings. The highest BCUT2D eigenvalue weighted by molar-refractivity contribution is 9.10. The highest BCUT2D eigenvalue weighted by atomic mass is 79.9. The van der Waals surface area contributed by atoms with Gasteiger partial charge in [0.1, 0.15) is 0 Å². The van der Waals surface area contributed by atoms with Crippen LogP contribution in [0.3, 0.4) is 0 Å². The molecular formula is C13H20BrN3. The van der Waals surface area contributed by atoms with Crippen LogP contribution in [0, 0.1) is 0 Å². The van der Waals surface area contributed by atoms with Crippen LogP contribution in [0.2, 0.25) is 0 Å². The maximum absolute atomic E-state index is 6.34. The Labute approximate surface area is 112 Å². The first-order valence-electron chi connectivity index (χ1n) is 6.32. The normalized spacial score (nSPS) is 26.8. The van der Waals surface area contributed by atoms with Crippen LogP contribution in [0.4, 0.5) is 0 Å². The van der Waals surface area contributed by atoms with Crippen molar-refractivity contribution < 1.29 is 0 Å². The van der Waals surface area contributed by atoms with Crippen molar-refractivity contribution in [3.05, 3.63) is 28.5 Å². The third-order valence-electron chi connectivity index (χ3n) is 3.51. The minimum absolute atomic E-state index is 0.216. The van der Waals surface area contributed by atoms with Crippen molar-refractivity contribution in [2.45, 2.75) is 38.3 Å². The molecule has 17 heavy (non-hydrogen) atoms. The third-order valence-corrected chi connectivity index (χ3v) is 3.94. The fourth-order valence-corrected chi connectivity index (χ4v) is 3.05. The van der Waals surface area contributed by atoms with Crippen LogP contribution >= 0.6 is 15.9 Å². The number of nitrogens with zero attached hydrogens (tertiary/aromatic N) is 2. The molecule has 1 aliphatic rings. The van der Waals surface area contributed by atoms with E-state index in [9.17, 15) is 0 Å². The summed E-state index contributed by atoms with van der Waals surface area (Å²) in [6, 6.07) is 2.67. The molecule has 3 nitrogen and oxygen atoms in total. The predicted octanol–water partition coefficient (Wildman–Crippen LogP) is 2.72. The first-order valence-corrected chi connectivity index (χ1v) is 7.11. The first kappa shape index (κ1) is 13.0. The quantitative estimate of drug-likeness (QED) is 0.913. The van der Waals surface area contributed by atoms with Crippen LogP contribution in [0.25, 0.3) is 0 Å². The lowest BCUT2D eigenvalue weighted by atomic mass is 9.98. The summed E-state index contributed by atoms with van der Waals surface area (Å²) in [5.41, 5.74) is 7.57. The van der Waals surface area contributed by atoms with Gasteiger partial charge in [-0.1, -0.05) is 13.3 Å². The fraction of sp³-hybridized carbons (Fsp3) is 0.615. The number of hydrogen-bond acceptors (Lipinski definition) is 3. The summed E-state index contributed by atoms with van der Waals surface area (Å²) in [7, 11) is 0. The lowest BCUT2D eigenvalue weighted by Gasteiger charge is -2.32. The average Bonchev–Trinajstić information content (AvgIpc) is 2.50. The smallest absolute Gasteiger partial charge is 0.0514 e. The summed E-state index contributed by atoms with van der Waals surface area (Å²) in [6.45, 7) is 4.39. The number of aromatic nitrogens is 1. The Balaban J connectivity index is 2.30. The van der Waals surface area contributed by atoms with Gasteiger partial charge in [-0.3, -0.25) is 9.88 Å². The zero-order valence-corrected chi connectivity index (χ0v) is 11.9. The van der Waals surface area contributed by atoms with Crippen LogP contribution in [-0.4, -0.2) is 29.0 Å². The summed E-state index contributed by atoms with van der Waals surface area (Å²) in [5.74, 6) is 0. The Kier molecular flexibility index (Phi) is 4.54. The van der Waals surface area contributed by atoms with Gasteiger partial charge in [-0.05, 0) is 53.5 Å². The van der Waals surface area contributed by atoms with Crippen LogP contribution in [-0.2, 0) is 0 Å². The molecular weight excluding hydrogens is 278 g/mol. The molecule has 1 saturated heterocycles. The molecule has 0 amide bonds. The molecule has 0 spiro atoms. The molecule has 0 bridgehead atoms. The van der Waals surface area contributed by atoms with Crippen LogP contribution in [0.15, 0.2) is 22.9 Å². The van der Waals surface area contributed by atoms with Crippen LogP contribution < -0.4 is 5.73 Å². The molecule has 94 valence electrons. The van der Waals surface area contributed by atoms with E-state index in [-0.39, 0.29) is 6.04 Å². The van der Waals surface area contributed by atoms with E-state index in [4.69, 9.17) is 5.73 Å². The molecule has 1 aromatic rings. The molecule has 2 heterocycles. The number of pyridine rings is 1. The van der Waals surface area contributed by atoms with Gasteiger partial charge in [0.2, 0.25) is 0 Å². The highest BCUT2D eigenvalue weighted by Crippen LogP contribution is 2.29. The molecule has 1 aliphatic heterocycles. The summed E-state index contributed by atoms with van der Waals surface area (Å²) in [6.07, 6.45) is 7.36. The van der Waals surface area contributed by atoms with Crippen molar-refractivity contribution in [2.24, 2.45) is 5.73 Å². The standard InChI is InChI=1S/C13H20BrN3/c1-2-17-6-4-3-5-12(15)13(17)10-7-11(14)9-16-8-10/h7-9,12-13H,2-6,15H2,1H3. The molecule has 2 N–H and O–H groups in total. The molecule has 2 rings (SSSR count). The van der Waals surface area contributed by atoms with Crippen LogP contribution in [0.1, 0.15) is 37.8 Å². The Bertz CT molecular complexity index is 369. The third kappa shape index (κ3) is 3.06. The molecule has 0 saturated carbocycles. The summed E-state index contributed by atoms with van der Waals surface area (Å²) < 4.78 is 1.03. The lowest BCUT2D eigenvalue weighted by Crippen LogP contribution is -2.39. The zero-order chi connectivity index (χ0) is 12.3. The largest absolute Gasteiger partial charge is 0.326 e. The second-order valence-corrected chi connectivity index (χ2v) is 5.59. The molecule has 2 unspecified atom stereocenters. The molecule has 0 aromatic carbocycles. The van der Waals surface area contributed by atoms with Gasteiger partial charge in [-0.2, -0.15) is 0 Å². The average molecular weight is 298 g/mol. The predicted molar refractivity (Wildman–Crippen MR) is 73.8 cm³/mol. The van der Waals surface area contributed by atoms with Gasteiger partial charge in [-0.25, -0.2) is 0 Å². The number of halogens is 1. The monoisotopic (exact) mass is 297 g/mol. The van der Waals surface area contributed by atoms with Gasteiger partial charge >= 0.3 is 0 Å². The van der Waals surface area contributed by atoms with Gasteiger partial charge in [0, 0.05) is 22.9 Å². The van der Waals surface area contributed by atoms with Gasteiger partial charge in [0.25, 0.3) is 0 Å². The zero-order valence-electron chi connectivity index (χ0n) is 10.3. The van der Waals surface area contributed by atoms with E-state index in [1.807, 2.05) is 12.4 Å². The second kappa shape index (κ2) is 5.94. The molecule has 2 atom stereocenters. The Morgan fingerprint density at radius 3 is 3.00 bits per heavy atom. The van der Waals surface area contributed by atoms with E-state index in [1.165, 1.54) is 18.4 Å². The SMILES string of the molecule is CCN1CCCCC(N)C1c1cncc(Br)c1. The van der Waals surface area contributed by atoms with Crippen molar-refractivity contribution in [2.75, 3.05) is 13.1 Å². The maximum Gasteiger partial charge on any atom is 0.0514 e. The molecule has 0 aliphatic carbocycles. The van der Waals surface area contributed by atoms with Crippen molar-refractivity contribution in [3.8, 4) is 0 Å². The molecule has 4 heteroatoms. The number of rotatable bonds is 2. The number of likely N-dealkylation sites (N-methyl/N-ethyl adjacent to an activating group) is 1. The second-order valence-electron chi connectivity index (χ2n) is 4.67. The van der Waals surface area contributed by atoms with Gasteiger partial charge in [-0.15, -0.1) is 0 Å².